The summed E-state index contributed by atoms with van der Waals surface area (Å²) in [6.45, 7) is 3.90. The molecule has 0 aromatic carbocycles. The van der Waals surface area contributed by atoms with Crippen LogP contribution >= 0.6 is 22.9 Å². The predicted molar refractivity (Wildman–Crippen MR) is 72.6 cm³/mol. The summed E-state index contributed by atoms with van der Waals surface area (Å²) in [6, 6.07) is 8.10. The van der Waals surface area contributed by atoms with E-state index in [0.717, 1.165) is 24.6 Å². The predicted octanol–water partition coefficient (Wildman–Crippen LogP) is 3.30. The van der Waals surface area contributed by atoms with Gasteiger partial charge in [-0.3, -0.25) is 0 Å². The van der Waals surface area contributed by atoms with Crippen LogP contribution in [0.25, 0.3) is 0 Å². The van der Waals surface area contributed by atoms with Crippen LogP contribution in [-0.2, 0) is 12.4 Å². The van der Waals surface area contributed by atoms with Crippen molar-refractivity contribution >= 4 is 28.8 Å². The Morgan fingerprint density at radius 3 is 2.71 bits per heavy atom. The molecule has 0 aliphatic rings. The number of anilines is 1. The molecule has 2 heterocycles. The van der Waals surface area contributed by atoms with Gasteiger partial charge < -0.3 is 4.90 Å². The van der Waals surface area contributed by atoms with Crippen molar-refractivity contribution in [2.24, 2.45) is 0 Å². The number of alkyl halides is 1. The quantitative estimate of drug-likeness (QED) is 0.779. The van der Waals surface area contributed by atoms with E-state index < -0.39 is 0 Å². The molecule has 2 aromatic heterocycles. The molecule has 0 atom stereocenters. The van der Waals surface area contributed by atoms with E-state index in [1.807, 2.05) is 12.1 Å². The van der Waals surface area contributed by atoms with Gasteiger partial charge in [0.15, 0.2) is 5.82 Å². The molecule has 0 spiro atoms. The van der Waals surface area contributed by atoms with Gasteiger partial charge in [0.05, 0.1) is 18.1 Å². The number of rotatable bonds is 5. The number of hydrogen-bond acceptors (Lipinski definition) is 4. The Bertz CT molecular complexity index is 441. The standard InChI is InChI=1S/C12H14ClN3S/c1-2-16(9-11-4-3-7-17-11)12-6-5-10(8-13)14-15-12/h3-7H,2,8-9H2,1H3. The molecule has 0 aliphatic carbocycles. The average molecular weight is 268 g/mol. The van der Waals surface area contributed by atoms with Gasteiger partial charge in [0, 0.05) is 11.4 Å². The van der Waals surface area contributed by atoms with E-state index in [1.165, 1.54) is 4.88 Å². The summed E-state index contributed by atoms with van der Waals surface area (Å²) >= 11 is 7.45. The fourth-order valence-electron chi connectivity index (χ4n) is 1.54. The van der Waals surface area contributed by atoms with Crippen LogP contribution in [0.3, 0.4) is 0 Å². The van der Waals surface area contributed by atoms with Gasteiger partial charge in [0.2, 0.25) is 0 Å². The molecule has 0 N–H and O–H groups in total. The van der Waals surface area contributed by atoms with Crippen molar-refractivity contribution in [3.63, 3.8) is 0 Å². The van der Waals surface area contributed by atoms with Gasteiger partial charge in [-0.25, -0.2) is 0 Å². The van der Waals surface area contributed by atoms with Gasteiger partial charge in [-0.1, -0.05) is 6.07 Å². The average Bonchev–Trinajstić information content (AvgIpc) is 2.89. The SMILES string of the molecule is CCN(Cc1cccs1)c1ccc(CCl)nn1. The minimum atomic E-state index is 0.407. The van der Waals surface area contributed by atoms with Crippen LogP contribution in [0.5, 0.6) is 0 Å². The van der Waals surface area contributed by atoms with Crippen LogP contribution in [0.4, 0.5) is 5.82 Å². The second kappa shape index (κ2) is 5.98. The lowest BCUT2D eigenvalue weighted by atomic mass is 10.3. The van der Waals surface area contributed by atoms with E-state index in [4.69, 9.17) is 11.6 Å². The summed E-state index contributed by atoms with van der Waals surface area (Å²) < 4.78 is 0. The highest BCUT2D eigenvalue weighted by molar-refractivity contribution is 7.09. The number of nitrogens with zero attached hydrogens (tertiary/aromatic N) is 3. The Morgan fingerprint density at radius 1 is 1.29 bits per heavy atom. The first-order valence-electron chi connectivity index (χ1n) is 5.49. The maximum Gasteiger partial charge on any atom is 0.151 e. The summed E-state index contributed by atoms with van der Waals surface area (Å²) in [6.07, 6.45) is 0. The minimum absolute atomic E-state index is 0.407. The molecule has 2 rings (SSSR count). The third-order valence-electron chi connectivity index (χ3n) is 2.48. The lowest BCUT2D eigenvalue weighted by Gasteiger charge is -2.20. The zero-order valence-corrected chi connectivity index (χ0v) is 11.2. The van der Waals surface area contributed by atoms with Crippen LogP contribution in [0.2, 0.25) is 0 Å². The van der Waals surface area contributed by atoms with Crippen LogP contribution in [0, 0.1) is 0 Å². The maximum absolute atomic E-state index is 5.69. The maximum atomic E-state index is 5.69. The van der Waals surface area contributed by atoms with Crippen LogP contribution in [-0.4, -0.2) is 16.7 Å². The molecule has 0 saturated heterocycles. The number of thiophene rings is 1. The Labute approximate surface area is 110 Å². The highest BCUT2D eigenvalue weighted by Gasteiger charge is 2.07. The second-order valence-corrected chi connectivity index (χ2v) is 4.91. The first kappa shape index (κ1) is 12.3. The molecular weight excluding hydrogens is 254 g/mol. The molecule has 2 aromatic rings. The normalized spacial score (nSPS) is 10.5. The molecule has 5 heteroatoms. The fraction of sp³-hybridized carbons (Fsp3) is 0.333. The van der Waals surface area contributed by atoms with Gasteiger partial charge in [0.25, 0.3) is 0 Å². The Balaban J connectivity index is 2.11. The van der Waals surface area contributed by atoms with Crippen molar-refractivity contribution in [3.05, 3.63) is 40.2 Å². The van der Waals surface area contributed by atoms with E-state index in [-0.39, 0.29) is 0 Å². The molecule has 0 aliphatic heterocycles. The largest absolute Gasteiger partial charge is 0.350 e. The van der Waals surface area contributed by atoms with Gasteiger partial charge in [-0.05, 0) is 30.5 Å². The summed E-state index contributed by atoms with van der Waals surface area (Å²) in [5.41, 5.74) is 0.808. The molecular formula is C12H14ClN3S. The van der Waals surface area contributed by atoms with Crippen LogP contribution in [0.1, 0.15) is 17.5 Å². The fourth-order valence-corrected chi connectivity index (χ4v) is 2.40. The van der Waals surface area contributed by atoms with Gasteiger partial charge in [0.1, 0.15) is 0 Å². The molecule has 3 nitrogen and oxygen atoms in total. The van der Waals surface area contributed by atoms with Crippen molar-refractivity contribution in [2.45, 2.75) is 19.3 Å². The third kappa shape index (κ3) is 3.17. The van der Waals surface area contributed by atoms with Gasteiger partial charge in [-0.2, -0.15) is 5.10 Å². The van der Waals surface area contributed by atoms with E-state index >= 15 is 0 Å². The summed E-state index contributed by atoms with van der Waals surface area (Å²) in [5.74, 6) is 1.31. The summed E-state index contributed by atoms with van der Waals surface area (Å²) in [7, 11) is 0. The molecule has 17 heavy (non-hydrogen) atoms. The zero-order valence-electron chi connectivity index (χ0n) is 9.64. The minimum Gasteiger partial charge on any atom is -0.350 e. The third-order valence-corrected chi connectivity index (χ3v) is 3.61. The number of halogens is 1. The first-order chi connectivity index (χ1) is 8.33. The van der Waals surface area contributed by atoms with Crippen LogP contribution in [0.15, 0.2) is 29.6 Å². The Kier molecular flexibility index (Phi) is 4.34. The highest BCUT2D eigenvalue weighted by atomic mass is 35.5. The van der Waals surface area contributed by atoms with E-state index in [0.29, 0.717) is 5.88 Å². The monoisotopic (exact) mass is 267 g/mol. The highest BCUT2D eigenvalue weighted by Crippen LogP contribution is 2.17. The molecule has 90 valence electrons. The van der Waals surface area contributed by atoms with E-state index in [1.54, 1.807) is 11.3 Å². The lowest BCUT2D eigenvalue weighted by molar-refractivity contribution is 0.798. The summed E-state index contributed by atoms with van der Waals surface area (Å²) in [5, 5.41) is 10.4. The topological polar surface area (TPSA) is 29.0 Å². The lowest BCUT2D eigenvalue weighted by Crippen LogP contribution is -2.22. The zero-order chi connectivity index (χ0) is 12.1. The molecule has 0 radical (unpaired) electrons. The second-order valence-electron chi connectivity index (χ2n) is 3.61. The van der Waals surface area contributed by atoms with Crippen molar-refractivity contribution in [1.29, 1.82) is 0 Å². The number of aromatic nitrogens is 2. The molecule has 0 saturated carbocycles. The van der Waals surface area contributed by atoms with Crippen molar-refractivity contribution in [2.75, 3.05) is 11.4 Å². The van der Waals surface area contributed by atoms with E-state index in [2.05, 4.69) is 39.5 Å². The Morgan fingerprint density at radius 2 is 2.18 bits per heavy atom. The molecule has 0 bridgehead atoms. The van der Waals surface area contributed by atoms with Gasteiger partial charge >= 0.3 is 0 Å². The molecule has 0 amide bonds. The first-order valence-corrected chi connectivity index (χ1v) is 6.90. The van der Waals surface area contributed by atoms with Crippen molar-refractivity contribution in [3.8, 4) is 0 Å². The van der Waals surface area contributed by atoms with Crippen LogP contribution < -0.4 is 4.90 Å². The Hall–Kier alpha value is -1.13. The van der Waals surface area contributed by atoms with E-state index in [9.17, 15) is 0 Å². The van der Waals surface area contributed by atoms with Crippen molar-refractivity contribution < 1.29 is 0 Å². The summed E-state index contributed by atoms with van der Waals surface area (Å²) in [4.78, 5) is 3.52. The van der Waals surface area contributed by atoms with Crippen molar-refractivity contribution in [1.82, 2.24) is 10.2 Å². The van der Waals surface area contributed by atoms with Gasteiger partial charge in [-0.15, -0.1) is 28.0 Å². The molecule has 0 fully saturated rings. The number of hydrogen-bond donors (Lipinski definition) is 0. The molecule has 0 unspecified atom stereocenters. The smallest absolute Gasteiger partial charge is 0.151 e.